The largest absolute Gasteiger partial charge is 0.348 e. The molecule has 3 aromatic rings. The Kier molecular flexibility index (Phi) is 4.62. The molecule has 1 fully saturated rings. The van der Waals surface area contributed by atoms with Crippen LogP contribution in [0, 0.1) is 13.8 Å². The molecule has 1 aliphatic heterocycles. The molecule has 1 aliphatic rings. The fourth-order valence-corrected chi connectivity index (χ4v) is 3.36. The molecule has 134 valence electrons. The minimum Gasteiger partial charge on any atom is -0.348 e. The van der Waals surface area contributed by atoms with Gasteiger partial charge in [0.15, 0.2) is 0 Å². The zero-order valence-corrected chi connectivity index (χ0v) is 15.1. The van der Waals surface area contributed by atoms with Gasteiger partial charge in [0.2, 0.25) is 0 Å². The van der Waals surface area contributed by atoms with Crippen LogP contribution in [0.4, 0.5) is 11.6 Å². The van der Waals surface area contributed by atoms with Crippen molar-refractivity contribution in [3.8, 4) is 0 Å². The molecule has 4 rings (SSSR count). The number of nitrogens with zero attached hydrogens (tertiary/aromatic N) is 5. The van der Waals surface area contributed by atoms with E-state index < -0.39 is 0 Å². The van der Waals surface area contributed by atoms with Crippen molar-refractivity contribution in [3.05, 3.63) is 59.7 Å². The lowest BCUT2D eigenvalue weighted by Crippen LogP contribution is -2.21. The number of nitrogens with one attached hydrogen (secondary N) is 2. The molecule has 0 spiro atoms. The van der Waals surface area contributed by atoms with Gasteiger partial charge in [0.05, 0.1) is 6.54 Å². The van der Waals surface area contributed by atoms with Gasteiger partial charge in [0, 0.05) is 42.8 Å². The third-order valence-electron chi connectivity index (χ3n) is 4.69. The summed E-state index contributed by atoms with van der Waals surface area (Å²) in [5, 5.41) is 3.33. The van der Waals surface area contributed by atoms with Gasteiger partial charge in [-0.1, -0.05) is 6.07 Å². The van der Waals surface area contributed by atoms with Crippen molar-refractivity contribution in [1.82, 2.24) is 29.8 Å². The van der Waals surface area contributed by atoms with E-state index in [0.29, 0.717) is 5.92 Å². The monoisotopic (exact) mass is 349 g/mol. The van der Waals surface area contributed by atoms with E-state index in [0.717, 1.165) is 60.6 Å². The molecule has 3 aromatic heterocycles. The number of hydrogen-bond acceptors (Lipinski definition) is 6. The number of likely N-dealkylation sites (tertiary alicyclic amines) is 1. The molecule has 2 N–H and O–H groups in total. The molecular weight excluding hydrogens is 326 g/mol. The van der Waals surface area contributed by atoms with Gasteiger partial charge >= 0.3 is 0 Å². The molecule has 0 unspecified atom stereocenters. The summed E-state index contributed by atoms with van der Waals surface area (Å²) in [5.74, 6) is 3.89. The predicted octanol–water partition coefficient (Wildman–Crippen LogP) is 2.94. The normalized spacial score (nSPS) is 17.5. The van der Waals surface area contributed by atoms with Crippen molar-refractivity contribution in [2.24, 2.45) is 0 Å². The summed E-state index contributed by atoms with van der Waals surface area (Å²) in [7, 11) is 0. The molecule has 0 radical (unpaired) electrons. The van der Waals surface area contributed by atoms with E-state index in [4.69, 9.17) is 4.98 Å². The van der Waals surface area contributed by atoms with E-state index in [2.05, 4.69) is 30.2 Å². The number of anilines is 2. The average molecular weight is 349 g/mol. The van der Waals surface area contributed by atoms with E-state index in [9.17, 15) is 0 Å². The van der Waals surface area contributed by atoms with E-state index in [1.165, 1.54) is 0 Å². The van der Waals surface area contributed by atoms with Crippen LogP contribution in [0.1, 0.15) is 35.2 Å². The molecule has 7 nitrogen and oxygen atoms in total. The Morgan fingerprint density at radius 2 is 2.15 bits per heavy atom. The van der Waals surface area contributed by atoms with Gasteiger partial charge < -0.3 is 10.3 Å². The van der Waals surface area contributed by atoms with Gasteiger partial charge in [-0.2, -0.15) is 0 Å². The van der Waals surface area contributed by atoms with Gasteiger partial charge in [-0.05, 0) is 38.4 Å². The van der Waals surface area contributed by atoms with E-state index >= 15 is 0 Å². The van der Waals surface area contributed by atoms with Crippen LogP contribution in [-0.4, -0.2) is 42.9 Å². The first kappa shape index (κ1) is 16.7. The Labute approximate surface area is 152 Å². The topological polar surface area (TPSA) is 82.6 Å². The van der Waals surface area contributed by atoms with Crippen molar-refractivity contribution in [2.75, 3.05) is 18.4 Å². The van der Waals surface area contributed by atoms with E-state index in [1.54, 1.807) is 12.4 Å². The van der Waals surface area contributed by atoms with Crippen molar-refractivity contribution in [1.29, 1.82) is 0 Å². The van der Waals surface area contributed by atoms with Crippen molar-refractivity contribution in [3.63, 3.8) is 0 Å². The van der Waals surface area contributed by atoms with Crippen molar-refractivity contribution in [2.45, 2.75) is 32.7 Å². The summed E-state index contributed by atoms with van der Waals surface area (Å²) in [4.78, 5) is 23.7. The van der Waals surface area contributed by atoms with Gasteiger partial charge in [0.25, 0.3) is 0 Å². The maximum atomic E-state index is 4.77. The molecule has 26 heavy (non-hydrogen) atoms. The maximum Gasteiger partial charge on any atom is 0.135 e. The highest BCUT2D eigenvalue weighted by atomic mass is 15.2. The molecule has 1 atom stereocenters. The average Bonchev–Trinajstić information content (AvgIpc) is 3.29. The van der Waals surface area contributed by atoms with Crippen LogP contribution in [0.3, 0.4) is 0 Å². The molecule has 0 bridgehead atoms. The van der Waals surface area contributed by atoms with Gasteiger partial charge in [-0.3, -0.25) is 4.90 Å². The van der Waals surface area contributed by atoms with Crippen molar-refractivity contribution < 1.29 is 0 Å². The number of aromatic nitrogens is 5. The zero-order valence-electron chi connectivity index (χ0n) is 15.1. The lowest BCUT2D eigenvalue weighted by atomic mass is 10.1. The standard InChI is InChI=1S/C19H23N7/c1-13-4-3-6-22-18(13)24-16-10-14(2)23-19(25-16)15-5-9-26(11-15)12-17-20-7-8-21-17/h3-4,6-8,10,15H,5,9,11-12H2,1-2H3,(H,20,21)(H,22,23,24,25)/t15-/m0/s1. The van der Waals surface area contributed by atoms with E-state index in [1.807, 2.05) is 38.2 Å². The molecule has 0 saturated carbocycles. The van der Waals surface area contributed by atoms with Crippen LogP contribution in [0.5, 0.6) is 0 Å². The maximum absolute atomic E-state index is 4.77. The van der Waals surface area contributed by atoms with Crippen LogP contribution >= 0.6 is 0 Å². The molecule has 4 heterocycles. The minimum absolute atomic E-state index is 0.343. The lowest BCUT2D eigenvalue weighted by molar-refractivity contribution is 0.318. The highest BCUT2D eigenvalue weighted by molar-refractivity contribution is 5.55. The summed E-state index contributed by atoms with van der Waals surface area (Å²) in [6, 6.07) is 5.93. The first-order chi connectivity index (χ1) is 12.7. The number of pyridine rings is 1. The van der Waals surface area contributed by atoms with Crippen LogP contribution < -0.4 is 5.32 Å². The molecule has 0 aliphatic carbocycles. The number of H-pyrrole nitrogens is 1. The van der Waals surface area contributed by atoms with Gasteiger partial charge in [-0.15, -0.1) is 0 Å². The fourth-order valence-electron chi connectivity index (χ4n) is 3.36. The third-order valence-corrected chi connectivity index (χ3v) is 4.69. The second kappa shape index (κ2) is 7.21. The Morgan fingerprint density at radius 1 is 1.23 bits per heavy atom. The Hall–Kier alpha value is -2.80. The second-order valence-electron chi connectivity index (χ2n) is 6.80. The first-order valence-corrected chi connectivity index (χ1v) is 8.92. The molecule has 1 saturated heterocycles. The van der Waals surface area contributed by atoms with Crippen LogP contribution in [0.15, 0.2) is 36.8 Å². The highest BCUT2D eigenvalue weighted by Crippen LogP contribution is 2.27. The quantitative estimate of drug-likeness (QED) is 0.737. The number of aryl methyl sites for hydroxylation is 2. The highest BCUT2D eigenvalue weighted by Gasteiger charge is 2.27. The van der Waals surface area contributed by atoms with Crippen LogP contribution in [0.2, 0.25) is 0 Å². The summed E-state index contributed by atoms with van der Waals surface area (Å²) >= 11 is 0. The minimum atomic E-state index is 0.343. The Morgan fingerprint density at radius 3 is 2.96 bits per heavy atom. The Bertz CT molecular complexity index is 875. The van der Waals surface area contributed by atoms with E-state index in [-0.39, 0.29) is 0 Å². The Balaban J connectivity index is 1.49. The lowest BCUT2D eigenvalue weighted by Gasteiger charge is -2.15. The fraction of sp³-hybridized carbons (Fsp3) is 0.368. The van der Waals surface area contributed by atoms with Crippen molar-refractivity contribution >= 4 is 11.6 Å². The summed E-state index contributed by atoms with van der Waals surface area (Å²) in [5.41, 5.74) is 2.06. The molecule has 0 amide bonds. The molecule has 7 heteroatoms. The summed E-state index contributed by atoms with van der Waals surface area (Å²) in [6.07, 6.45) is 6.51. The van der Waals surface area contributed by atoms with Crippen LogP contribution in [0.25, 0.3) is 0 Å². The smallest absolute Gasteiger partial charge is 0.135 e. The number of hydrogen-bond donors (Lipinski definition) is 2. The zero-order chi connectivity index (χ0) is 17.9. The predicted molar refractivity (Wildman–Crippen MR) is 100 cm³/mol. The number of rotatable bonds is 5. The molecule has 0 aromatic carbocycles. The number of imidazole rings is 1. The third kappa shape index (κ3) is 3.72. The first-order valence-electron chi connectivity index (χ1n) is 8.92. The van der Waals surface area contributed by atoms with Gasteiger partial charge in [-0.25, -0.2) is 19.9 Å². The molecular formula is C19H23N7. The summed E-state index contributed by atoms with van der Waals surface area (Å²) in [6.45, 7) is 6.87. The number of aromatic amines is 1. The second-order valence-corrected chi connectivity index (χ2v) is 6.80. The summed E-state index contributed by atoms with van der Waals surface area (Å²) < 4.78 is 0. The van der Waals surface area contributed by atoms with Gasteiger partial charge in [0.1, 0.15) is 23.3 Å². The van der Waals surface area contributed by atoms with Crippen LogP contribution in [-0.2, 0) is 6.54 Å². The SMILES string of the molecule is Cc1cc(Nc2ncccc2C)nc([C@H]2CCN(Cc3ncc[nH]3)C2)n1.